The van der Waals surface area contributed by atoms with E-state index in [0.717, 1.165) is 12.8 Å². The molecular weight excluding hydrogens is 224 g/mol. The van der Waals surface area contributed by atoms with Crippen LogP contribution < -0.4 is 10.1 Å². The zero-order valence-corrected chi connectivity index (χ0v) is 9.30. The molecule has 1 fully saturated rings. The van der Waals surface area contributed by atoms with Crippen LogP contribution in [-0.4, -0.2) is 24.0 Å². The molecule has 0 aliphatic heterocycles. The average molecular weight is 236 g/mol. The van der Waals surface area contributed by atoms with E-state index >= 15 is 0 Å². The largest absolute Gasteiger partial charge is 0.490 e. The Hall–Kier alpha value is -2.11. The molecule has 1 aliphatic carbocycles. The number of nitro benzene ring substituents is 1. The minimum Gasteiger partial charge on any atom is -0.490 e. The van der Waals surface area contributed by atoms with Crippen LogP contribution in [0.25, 0.3) is 0 Å². The highest BCUT2D eigenvalue weighted by molar-refractivity contribution is 5.99. The van der Waals surface area contributed by atoms with Crippen molar-refractivity contribution in [3.8, 4) is 5.75 Å². The van der Waals surface area contributed by atoms with Crippen molar-refractivity contribution in [1.82, 2.24) is 5.32 Å². The van der Waals surface area contributed by atoms with E-state index in [0.29, 0.717) is 0 Å². The first-order valence-corrected chi connectivity index (χ1v) is 5.25. The molecule has 2 rings (SSSR count). The number of amides is 1. The van der Waals surface area contributed by atoms with Gasteiger partial charge in [0.2, 0.25) is 0 Å². The number of ether oxygens (including phenoxy) is 1. The van der Waals surface area contributed by atoms with Crippen molar-refractivity contribution in [2.75, 3.05) is 7.11 Å². The third-order valence-corrected chi connectivity index (χ3v) is 2.56. The van der Waals surface area contributed by atoms with E-state index in [4.69, 9.17) is 4.74 Å². The lowest BCUT2D eigenvalue weighted by atomic mass is 10.1. The Morgan fingerprint density at radius 3 is 2.76 bits per heavy atom. The first-order valence-electron chi connectivity index (χ1n) is 5.25. The van der Waals surface area contributed by atoms with Crippen LogP contribution in [0.1, 0.15) is 23.2 Å². The van der Waals surface area contributed by atoms with E-state index in [2.05, 4.69) is 5.32 Å². The molecule has 0 aromatic heterocycles. The van der Waals surface area contributed by atoms with Crippen LogP contribution in [0.2, 0.25) is 0 Å². The maximum absolute atomic E-state index is 11.8. The summed E-state index contributed by atoms with van der Waals surface area (Å²) in [5.41, 5.74) is -0.241. The zero-order chi connectivity index (χ0) is 12.4. The Bertz CT molecular complexity index is 469. The molecule has 0 bridgehead atoms. The minimum atomic E-state index is -0.597. The van der Waals surface area contributed by atoms with E-state index in [1.165, 1.54) is 19.2 Å². The van der Waals surface area contributed by atoms with Gasteiger partial charge >= 0.3 is 5.69 Å². The number of hydrogen-bond donors (Lipinski definition) is 1. The number of nitrogens with one attached hydrogen (secondary N) is 1. The van der Waals surface area contributed by atoms with Crippen LogP contribution in [0.4, 0.5) is 5.69 Å². The Kier molecular flexibility index (Phi) is 2.95. The summed E-state index contributed by atoms with van der Waals surface area (Å²) in [5.74, 6) is -0.323. The Balaban J connectivity index is 2.36. The first-order chi connectivity index (χ1) is 8.13. The molecule has 0 unspecified atom stereocenters. The highest BCUT2D eigenvalue weighted by Crippen LogP contribution is 2.31. The van der Waals surface area contributed by atoms with Gasteiger partial charge < -0.3 is 10.1 Å². The number of methoxy groups -OCH3 is 1. The standard InChI is InChI=1S/C11H12N2O4/c1-17-9-4-2-3-8(10(9)13(15)16)11(14)12-7-5-6-7/h2-4,7H,5-6H2,1H3,(H,12,14). The summed E-state index contributed by atoms with van der Waals surface area (Å²) in [5, 5.41) is 13.7. The van der Waals surface area contributed by atoms with Crippen LogP contribution in [0, 0.1) is 10.1 Å². The van der Waals surface area contributed by atoms with Crippen molar-refractivity contribution in [2.45, 2.75) is 18.9 Å². The normalized spacial score (nSPS) is 14.2. The SMILES string of the molecule is COc1cccc(C(=O)NC2CC2)c1[N+](=O)[O-]. The van der Waals surface area contributed by atoms with Crippen molar-refractivity contribution >= 4 is 11.6 Å². The average Bonchev–Trinajstić information content (AvgIpc) is 3.11. The third kappa shape index (κ3) is 2.35. The van der Waals surface area contributed by atoms with Gasteiger partial charge in [-0.25, -0.2) is 0 Å². The molecule has 0 spiro atoms. The molecule has 6 nitrogen and oxygen atoms in total. The second kappa shape index (κ2) is 4.40. The molecule has 17 heavy (non-hydrogen) atoms. The summed E-state index contributed by atoms with van der Waals surface area (Å²) in [6, 6.07) is 4.62. The van der Waals surface area contributed by atoms with Gasteiger partial charge in [-0.3, -0.25) is 14.9 Å². The highest BCUT2D eigenvalue weighted by atomic mass is 16.6. The Morgan fingerprint density at radius 2 is 2.24 bits per heavy atom. The van der Waals surface area contributed by atoms with E-state index in [-0.39, 0.29) is 23.0 Å². The Morgan fingerprint density at radius 1 is 1.53 bits per heavy atom. The molecule has 1 saturated carbocycles. The molecule has 0 radical (unpaired) electrons. The summed E-state index contributed by atoms with van der Waals surface area (Å²) in [4.78, 5) is 22.2. The lowest BCUT2D eigenvalue weighted by Crippen LogP contribution is -2.26. The summed E-state index contributed by atoms with van der Waals surface area (Å²) < 4.78 is 4.90. The fourth-order valence-electron chi connectivity index (χ4n) is 1.55. The summed E-state index contributed by atoms with van der Waals surface area (Å²) in [7, 11) is 1.34. The third-order valence-electron chi connectivity index (χ3n) is 2.56. The molecule has 1 aliphatic rings. The van der Waals surface area contributed by atoms with Gasteiger partial charge in [-0.15, -0.1) is 0 Å². The number of carbonyl (C=O) groups is 1. The fraction of sp³-hybridized carbons (Fsp3) is 0.364. The van der Waals surface area contributed by atoms with Gasteiger partial charge in [0.15, 0.2) is 5.75 Å². The van der Waals surface area contributed by atoms with Gasteiger partial charge in [-0.1, -0.05) is 6.07 Å². The molecule has 1 amide bonds. The van der Waals surface area contributed by atoms with E-state index in [9.17, 15) is 14.9 Å². The number of nitrogens with zero attached hydrogens (tertiary/aromatic N) is 1. The van der Waals surface area contributed by atoms with Gasteiger partial charge in [0.1, 0.15) is 5.56 Å². The number of rotatable bonds is 4. The number of para-hydroxylation sites is 1. The highest BCUT2D eigenvalue weighted by Gasteiger charge is 2.29. The van der Waals surface area contributed by atoms with Crippen molar-refractivity contribution < 1.29 is 14.5 Å². The molecule has 90 valence electrons. The topological polar surface area (TPSA) is 81.5 Å². The van der Waals surface area contributed by atoms with E-state index in [1.807, 2.05) is 0 Å². The summed E-state index contributed by atoms with van der Waals surface area (Å²) >= 11 is 0. The predicted octanol–water partition coefficient (Wildman–Crippen LogP) is 1.50. The van der Waals surface area contributed by atoms with Crippen LogP contribution in [0.5, 0.6) is 5.75 Å². The van der Waals surface area contributed by atoms with Crippen LogP contribution in [0.15, 0.2) is 18.2 Å². The molecule has 6 heteroatoms. The Labute approximate surface area is 97.7 Å². The second-order valence-electron chi connectivity index (χ2n) is 3.86. The predicted molar refractivity (Wildman–Crippen MR) is 60.1 cm³/mol. The molecule has 1 aromatic carbocycles. The number of hydrogen-bond acceptors (Lipinski definition) is 4. The molecule has 1 N–H and O–H groups in total. The first kappa shape index (κ1) is 11.4. The van der Waals surface area contributed by atoms with E-state index in [1.54, 1.807) is 6.07 Å². The second-order valence-corrected chi connectivity index (χ2v) is 3.86. The lowest BCUT2D eigenvalue weighted by molar-refractivity contribution is -0.386. The number of carbonyl (C=O) groups excluding carboxylic acids is 1. The molecule has 0 saturated heterocycles. The van der Waals surface area contributed by atoms with Crippen molar-refractivity contribution in [3.05, 3.63) is 33.9 Å². The van der Waals surface area contributed by atoms with Crippen LogP contribution in [-0.2, 0) is 0 Å². The summed E-state index contributed by atoms with van der Waals surface area (Å²) in [6.45, 7) is 0. The summed E-state index contributed by atoms with van der Waals surface area (Å²) in [6.07, 6.45) is 1.87. The van der Waals surface area contributed by atoms with Gasteiger partial charge in [0.25, 0.3) is 5.91 Å². The van der Waals surface area contributed by atoms with Crippen molar-refractivity contribution in [1.29, 1.82) is 0 Å². The molecule has 0 atom stereocenters. The van der Waals surface area contributed by atoms with Gasteiger partial charge in [0.05, 0.1) is 12.0 Å². The number of nitro groups is 1. The van der Waals surface area contributed by atoms with Gasteiger partial charge in [0, 0.05) is 6.04 Å². The van der Waals surface area contributed by atoms with Crippen LogP contribution >= 0.6 is 0 Å². The van der Waals surface area contributed by atoms with Crippen molar-refractivity contribution in [2.24, 2.45) is 0 Å². The quantitative estimate of drug-likeness (QED) is 0.634. The van der Waals surface area contributed by atoms with E-state index < -0.39 is 10.8 Å². The van der Waals surface area contributed by atoms with Gasteiger partial charge in [-0.05, 0) is 25.0 Å². The minimum absolute atomic E-state index is 0.0428. The van der Waals surface area contributed by atoms with Crippen LogP contribution in [0.3, 0.4) is 0 Å². The molecular formula is C11H12N2O4. The fourth-order valence-corrected chi connectivity index (χ4v) is 1.55. The monoisotopic (exact) mass is 236 g/mol. The molecule has 0 heterocycles. The smallest absolute Gasteiger partial charge is 0.323 e. The van der Waals surface area contributed by atoms with Crippen molar-refractivity contribution in [3.63, 3.8) is 0 Å². The number of benzene rings is 1. The zero-order valence-electron chi connectivity index (χ0n) is 9.30. The lowest BCUT2D eigenvalue weighted by Gasteiger charge is -2.07. The maximum Gasteiger partial charge on any atom is 0.323 e. The maximum atomic E-state index is 11.8. The molecule has 1 aromatic rings. The van der Waals surface area contributed by atoms with Gasteiger partial charge in [-0.2, -0.15) is 0 Å².